The van der Waals surface area contributed by atoms with Gasteiger partial charge in [0.05, 0.1) is 35.9 Å². The molecule has 8 rings (SSSR count). The molecule has 0 spiro atoms. The predicted octanol–water partition coefficient (Wildman–Crippen LogP) is 8.20. The summed E-state index contributed by atoms with van der Waals surface area (Å²) in [6.45, 7) is 1.18. The first-order chi connectivity index (χ1) is 27.8. The molecule has 0 saturated carbocycles. The van der Waals surface area contributed by atoms with E-state index in [-0.39, 0.29) is 23.9 Å². The zero-order valence-corrected chi connectivity index (χ0v) is 31.9. The SMILES string of the molecule is CO[C@@H](C(=O)N1CCC[C@H]1c1ncc(-c2ccc(-c3ccc(-c4cnc([C@@H]5CCCN5C(=O)[C@@H](c5ccccc5)N(C)C(=O)O)[nH]4)cc3)cc2)[nH]1)c1ccccc1. The van der Waals surface area contributed by atoms with Crippen molar-refractivity contribution in [2.45, 2.75) is 49.9 Å². The van der Waals surface area contributed by atoms with Crippen LogP contribution in [0.25, 0.3) is 33.6 Å². The van der Waals surface area contributed by atoms with Gasteiger partial charge in [0.15, 0.2) is 6.10 Å². The Labute approximate surface area is 331 Å². The zero-order valence-electron chi connectivity index (χ0n) is 31.9. The summed E-state index contributed by atoms with van der Waals surface area (Å²) in [4.78, 5) is 60.6. The monoisotopic (exact) mass is 763 g/mol. The second kappa shape index (κ2) is 16.3. The van der Waals surface area contributed by atoms with Crippen LogP contribution >= 0.6 is 0 Å². The maximum atomic E-state index is 13.9. The molecule has 2 saturated heterocycles. The molecule has 3 N–H and O–H groups in total. The molecule has 6 aromatic rings. The summed E-state index contributed by atoms with van der Waals surface area (Å²) in [5.74, 6) is 1.14. The molecule has 290 valence electrons. The van der Waals surface area contributed by atoms with Crippen molar-refractivity contribution in [1.29, 1.82) is 0 Å². The number of amides is 3. The van der Waals surface area contributed by atoms with E-state index in [1.807, 2.05) is 71.8 Å². The van der Waals surface area contributed by atoms with Crippen LogP contribution in [0.4, 0.5) is 4.79 Å². The van der Waals surface area contributed by atoms with Crippen LogP contribution < -0.4 is 0 Å². The summed E-state index contributed by atoms with van der Waals surface area (Å²) in [6, 6.07) is 33.8. The van der Waals surface area contributed by atoms with E-state index < -0.39 is 18.2 Å². The Balaban J connectivity index is 0.932. The van der Waals surface area contributed by atoms with E-state index in [1.165, 1.54) is 7.05 Å². The number of ether oxygens (including phenoxy) is 1. The topological polar surface area (TPSA) is 148 Å². The molecule has 3 amide bonds. The Morgan fingerprint density at radius 1 is 0.667 bits per heavy atom. The number of hydrogen-bond donors (Lipinski definition) is 3. The average Bonchev–Trinajstić information content (AvgIpc) is 4.09. The molecule has 2 aromatic heterocycles. The van der Waals surface area contributed by atoms with Crippen molar-refractivity contribution >= 4 is 17.9 Å². The van der Waals surface area contributed by atoms with E-state index in [0.717, 1.165) is 75.6 Å². The number of imidazole rings is 2. The fraction of sp³-hybridized carbons (Fsp3) is 0.267. The van der Waals surface area contributed by atoms with E-state index in [9.17, 15) is 19.5 Å². The quantitative estimate of drug-likeness (QED) is 0.121. The minimum Gasteiger partial charge on any atom is -0.465 e. The molecule has 4 aromatic carbocycles. The number of methoxy groups -OCH3 is 1. The van der Waals surface area contributed by atoms with Gasteiger partial charge in [0.25, 0.3) is 11.8 Å². The number of aromatic nitrogens is 4. The Kier molecular flexibility index (Phi) is 10.7. The van der Waals surface area contributed by atoms with Crippen LogP contribution in [-0.2, 0) is 14.3 Å². The van der Waals surface area contributed by atoms with E-state index in [1.54, 1.807) is 30.3 Å². The van der Waals surface area contributed by atoms with E-state index in [4.69, 9.17) is 9.72 Å². The lowest BCUT2D eigenvalue weighted by molar-refractivity contribution is -0.143. The number of carbonyl (C=O) groups excluding carboxylic acids is 2. The molecule has 0 radical (unpaired) electrons. The largest absolute Gasteiger partial charge is 0.465 e. The summed E-state index contributed by atoms with van der Waals surface area (Å²) in [7, 11) is 3.01. The number of rotatable bonds is 11. The first kappa shape index (κ1) is 37.4. The molecule has 2 fully saturated rings. The summed E-state index contributed by atoms with van der Waals surface area (Å²) < 4.78 is 5.65. The molecule has 2 aliphatic heterocycles. The number of hydrogen-bond acceptors (Lipinski definition) is 6. The Morgan fingerprint density at radius 2 is 1.11 bits per heavy atom. The zero-order chi connectivity index (χ0) is 39.5. The van der Waals surface area contributed by atoms with Crippen LogP contribution in [0, 0.1) is 0 Å². The molecular weight excluding hydrogens is 719 g/mol. The lowest BCUT2D eigenvalue weighted by Gasteiger charge is -2.32. The fourth-order valence-electron chi connectivity index (χ4n) is 8.21. The summed E-state index contributed by atoms with van der Waals surface area (Å²) in [5, 5.41) is 9.79. The van der Waals surface area contributed by atoms with E-state index in [0.29, 0.717) is 24.5 Å². The van der Waals surface area contributed by atoms with Gasteiger partial charge in [0, 0.05) is 27.2 Å². The Hall–Kier alpha value is -6.53. The van der Waals surface area contributed by atoms with Gasteiger partial charge in [-0.25, -0.2) is 14.8 Å². The highest BCUT2D eigenvalue weighted by Gasteiger charge is 2.39. The number of benzene rings is 4. The fourth-order valence-corrected chi connectivity index (χ4v) is 8.21. The minimum absolute atomic E-state index is 0.0557. The van der Waals surface area contributed by atoms with Gasteiger partial charge in [-0.15, -0.1) is 0 Å². The summed E-state index contributed by atoms with van der Waals surface area (Å²) in [5.41, 5.74) is 7.27. The predicted molar refractivity (Wildman–Crippen MR) is 216 cm³/mol. The van der Waals surface area contributed by atoms with Gasteiger partial charge in [0.1, 0.15) is 17.7 Å². The maximum Gasteiger partial charge on any atom is 0.407 e. The molecule has 0 bridgehead atoms. The third-order valence-electron chi connectivity index (χ3n) is 11.2. The maximum absolute atomic E-state index is 13.9. The van der Waals surface area contributed by atoms with Gasteiger partial charge in [-0.2, -0.15) is 0 Å². The van der Waals surface area contributed by atoms with Gasteiger partial charge < -0.3 is 29.6 Å². The molecule has 4 heterocycles. The van der Waals surface area contributed by atoms with Gasteiger partial charge >= 0.3 is 6.09 Å². The van der Waals surface area contributed by atoms with Crippen LogP contribution in [0.1, 0.15) is 72.7 Å². The lowest BCUT2D eigenvalue weighted by atomic mass is 10.0. The second-order valence-electron chi connectivity index (χ2n) is 14.6. The first-order valence-corrected chi connectivity index (χ1v) is 19.3. The second-order valence-corrected chi connectivity index (χ2v) is 14.6. The van der Waals surface area contributed by atoms with E-state index in [2.05, 4.69) is 51.4 Å². The van der Waals surface area contributed by atoms with Crippen LogP contribution in [0.5, 0.6) is 0 Å². The molecule has 12 heteroatoms. The van der Waals surface area contributed by atoms with Crippen LogP contribution in [0.15, 0.2) is 122 Å². The normalized spacial score (nSPS) is 17.7. The molecule has 4 atom stereocenters. The molecule has 0 unspecified atom stereocenters. The standard InChI is InChI=1S/C45H45N7O5/c1-50(45(55)56)39(33-11-5-3-6-12-33)43(53)51-25-9-15-37(51)41-46-27-35(48-41)31-21-17-29(18-22-31)30-19-23-32(24-20-30)36-28-47-42(49-36)38-16-10-26-52(38)44(54)40(57-2)34-13-7-4-8-14-34/h3-8,11-14,17-24,27-28,37-40H,9-10,15-16,25-26H2,1-2H3,(H,46,48)(H,47,49)(H,55,56)/t37-,38-,39+,40+/m0/s1. The molecule has 57 heavy (non-hydrogen) atoms. The third kappa shape index (κ3) is 7.56. The highest BCUT2D eigenvalue weighted by atomic mass is 16.5. The van der Waals surface area contributed by atoms with Crippen molar-refractivity contribution in [3.05, 3.63) is 144 Å². The molecule has 0 aliphatic carbocycles. The minimum atomic E-state index is -1.16. The van der Waals surface area contributed by atoms with Gasteiger partial charge in [-0.05, 0) is 59.1 Å². The third-order valence-corrected chi connectivity index (χ3v) is 11.2. The molecular formula is C45H45N7O5. The average molecular weight is 764 g/mol. The number of likely N-dealkylation sites (N-methyl/N-ethyl adjacent to an activating group) is 1. The van der Waals surface area contributed by atoms with Gasteiger partial charge in [-0.3, -0.25) is 14.5 Å². The number of aromatic amines is 2. The number of nitrogens with one attached hydrogen (secondary N) is 2. The smallest absolute Gasteiger partial charge is 0.407 e. The van der Waals surface area contributed by atoms with Crippen LogP contribution in [0.2, 0.25) is 0 Å². The highest BCUT2D eigenvalue weighted by Crippen LogP contribution is 2.37. The number of carboxylic acid groups (broad SMARTS) is 1. The Morgan fingerprint density at radius 3 is 1.56 bits per heavy atom. The van der Waals surface area contributed by atoms with E-state index >= 15 is 0 Å². The van der Waals surface area contributed by atoms with Gasteiger partial charge in [-0.1, -0.05) is 109 Å². The summed E-state index contributed by atoms with van der Waals surface area (Å²) >= 11 is 0. The van der Waals surface area contributed by atoms with Crippen molar-refractivity contribution in [1.82, 2.24) is 34.6 Å². The number of H-pyrrole nitrogens is 2. The van der Waals surface area contributed by atoms with Crippen LogP contribution in [0.3, 0.4) is 0 Å². The lowest BCUT2D eigenvalue weighted by Crippen LogP contribution is -2.43. The van der Waals surface area contributed by atoms with Crippen molar-refractivity contribution in [2.24, 2.45) is 0 Å². The van der Waals surface area contributed by atoms with Crippen molar-refractivity contribution in [3.8, 4) is 33.6 Å². The van der Waals surface area contributed by atoms with Crippen molar-refractivity contribution in [3.63, 3.8) is 0 Å². The van der Waals surface area contributed by atoms with Crippen LogP contribution in [-0.4, -0.2) is 84.9 Å². The highest BCUT2D eigenvalue weighted by molar-refractivity contribution is 5.87. The number of likely N-dealkylation sites (tertiary alicyclic amines) is 2. The number of nitrogens with zero attached hydrogens (tertiary/aromatic N) is 5. The summed E-state index contributed by atoms with van der Waals surface area (Å²) in [6.07, 6.45) is 5.06. The molecule has 2 aliphatic rings. The van der Waals surface area contributed by atoms with Crippen molar-refractivity contribution < 1.29 is 24.2 Å². The van der Waals surface area contributed by atoms with Gasteiger partial charge in [0.2, 0.25) is 0 Å². The number of carbonyl (C=O) groups is 3. The molecule has 12 nitrogen and oxygen atoms in total. The Bertz CT molecular complexity index is 2330. The first-order valence-electron chi connectivity index (χ1n) is 19.3. The van der Waals surface area contributed by atoms with Crippen molar-refractivity contribution in [2.75, 3.05) is 27.2 Å².